The molecule has 3 rings (SSSR count). The van der Waals surface area contributed by atoms with Crippen molar-refractivity contribution in [1.82, 2.24) is 5.32 Å². The fourth-order valence-corrected chi connectivity index (χ4v) is 3.47. The number of amides is 2. The normalized spacial score (nSPS) is 17.5. The molecule has 1 heterocycles. The van der Waals surface area contributed by atoms with Gasteiger partial charge in [-0.25, -0.2) is 4.99 Å². The zero-order valence-corrected chi connectivity index (χ0v) is 15.7. The predicted octanol–water partition coefficient (Wildman–Crippen LogP) is 2.95. The van der Waals surface area contributed by atoms with E-state index in [1.54, 1.807) is 49.6 Å². The summed E-state index contributed by atoms with van der Waals surface area (Å²) in [7, 11) is 3.13. The highest BCUT2D eigenvalue weighted by atomic mass is 32.2. The van der Waals surface area contributed by atoms with Crippen molar-refractivity contribution < 1.29 is 19.1 Å². The first-order valence-electron chi connectivity index (χ1n) is 8.22. The molecule has 0 spiro atoms. The van der Waals surface area contributed by atoms with Crippen molar-refractivity contribution in [2.45, 2.75) is 11.7 Å². The second kappa shape index (κ2) is 8.59. The van der Waals surface area contributed by atoms with Crippen LogP contribution < -0.4 is 20.1 Å². The van der Waals surface area contributed by atoms with Gasteiger partial charge in [-0.15, -0.1) is 0 Å². The summed E-state index contributed by atoms with van der Waals surface area (Å²) in [6.45, 7) is 0. The van der Waals surface area contributed by atoms with Gasteiger partial charge >= 0.3 is 0 Å². The van der Waals surface area contributed by atoms with Gasteiger partial charge in [-0.2, -0.15) is 0 Å². The van der Waals surface area contributed by atoms with Crippen LogP contribution in [0, 0.1) is 0 Å². The smallest absolute Gasteiger partial charge is 0.240 e. The van der Waals surface area contributed by atoms with Crippen molar-refractivity contribution in [3.63, 3.8) is 0 Å². The van der Waals surface area contributed by atoms with E-state index in [4.69, 9.17) is 9.47 Å². The molecule has 2 amide bonds. The first-order valence-corrected chi connectivity index (χ1v) is 9.10. The summed E-state index contributed by atoms with van der Waals surface area (Å²) in [6.07, 6.45) is 0.0379. The van der Waals surface area contributed by atoms with Gasteiger partial charge in [0.1, 0.15) is 16.7 Å². The summed E-state index contributed by atoms with van der Waals surface area (Å²) >= 11 is 1.24. The third kappa shape index (κ3) is 4.79. The summed E-state index contributed by atoms with van der Waals surface area (Å²) in [6, 6.07) is 14.3. The molecule has 1 atom stereocenters. The highest BCUT2D eigenvalue weighted by Crippen LogP contribution is 2.28. The molecule has 0 radical (unpaired) electrons. The number of methoxy groups -OCH3 is 2. The number of thioether (sulfide) groups is 1. The topological polar surface area (TPSA) is 89.0 Å². The standard InChI is InChI=1S/C19H19N3O4S/c1-25-13-9-7-12(8-10-13)20-19-22-18(24)16(27-19)11-17(23)21-14-5-3-4-6-15(14)26-2/h3-10,16H,11H2,1-2H3,(H,21,23)(H,20,22,24)/t16-/m0/s1. The zero-order chi connectivity index (χ0) is 19.2. The van der Waals surface area contributed by atoms with Gasteiger partial charge < -0.3 is 20.1 Å². The molecule has 0 bridgehead atoms. The van der Waals surface area contributed by atoms with Gasteiger partial charge in [0, 0.05) is 6.42 Å². The Hall–Kier alpha value is -3.00. The van der Waals surface area contributed by atoms with E-state index < -0.39 is 5.25 Å². The summed E-state index contributed by atoms with van der Waals surface area (Å²) in [5.74, 6) is 0.796. The van der Waals surface area contributed by atoms with E-state index in [0.29, 0.717) is 22.3 Å². The number of amidine groups is 1. The molecule has 7 nitrogen and oxygen atoms in total. The SMILES string of the molecule is COc1ccc(N=C2NC(=O)[C@H](CC(=O)Nc3ccccc3OC)S2)cc1. The fraction of sp³-hybridized carbons (Fsp3) is 0.211. The summed E-state index contributed by atoms with van der Waals surface area (Å²) in [4.78, 5) is 28.8. The van der Waals surface area contributed by atoms with E-state index in [-0.39, 0.29) is 18.2 Å². The van der Waals surface area contributed by atoms with E-state index in [9.17, 15) is 9.59 Å². The maximum absolute atomic E-state index is 12.3. The van der Waals surface area contributed by atoms with E-state index in [2.05, 4.69) is 15.6 Å². The number of ether oxygens (including phenoxy) is 2. The number of hydrogen-bond donors (Lipinski definition) is 2. The van der Waals surface area contributed by atoms with E-state index in [0.717, 1.165) is 5.75 Å². The highest BCUT2D eigenvalue weighted by molar-refractivity contribution is 8.15. The van der Waals surface area contributed by atoms with Gasteiger partial charge in [0.05, 0.1) is 25.6 Å². The van der Waals surface area contributed by atoms with Gasteiger partial charge in [0.2, 0.25) is 11.8 Å². The van der Waals surface area contributed by atoms with Crippen LogP contribution in [0.3, 0.4) is 0 Å². The number of benzene rings is 2. The lowest BCUT2D eigenvalue weighted by molar-refractivity contribution is -0.122. The number of nitrogens with zero attached hydrogens (tertiary/aromatic N) is 1. The molecule has 0 unspecified atom stereocenters. The van der Waals surface area contributed by atoms with Crippen molar-refractivity contribution >= 4 is 40.1 Å². The Bertz CT molecular complexity index is 868. The number of rotatable bonds is 6. The maximum Gasteiger partial charge on any atom is 0.240 e. The number of carbonyl (C=O) groups is 2. The summed E-state index contributed by atoms with van der Waals surface area (Å²) in [5, 5.41) is 5.43. The van der Waals surface area contributed by atoms with Crippen LogP contribution in [-0.4, -0.2) is 36.5 Å². The fourth-order valence-electron chi connectivity index (χ4n) is 2.48. The summed E-state index contributed by atoms with van der Waals surface area (Å²) < 4.78 is 10.3. The predicted molar refractivity (Wildman–Crippen MR) is 106 cm³/mol. The van der Waals surface area contributed by atoms with Crippen LogP contribution in [0.15, 0.2) is 53.5 Å². The Morgan fingerprint density at radius 2 is 1.89 bits per heavy atom. The number of aliphatic imine (C=N–C) groups is 1. The molecular formula is C19H19N3O4S. The minimum absolute atomic E-state index is 0.0379. The first-order chi connectivity index (χ1) is 13.1. The van der Waals surface area contributed by atoms with Crippen LogP contribution in [0.25, 0.3) is 0 Å². The lowest BCUT2D eigenvalue weighted by atomic mass is 10.2. The lowest BCUT2D eigenvalue weighted by Gasteiger charge is -2.10. The van der Waals surface area contributed by atoms with Gasteiger partial charge in [-0.05, 0) is 36.4 Å². The van der Waals surface area contributed by atoms with Gasteiger partial charge in [0.15, 0.2) is 5.17 Å². The van der Waals surface area contributed by atoms with Gasteiger partial charge in [0.25, 0.3) is 0 Å². The molecule has 0 aromatic heterocycles. The van der Waals surface area contributed by atoms with Crippen LogP contribution in [0.5, 0.6) is 11.5 Å². The first kappa shape index (κ1) is 18.8. The van der Waals surface area contributed by atoms with Crippen molar-refractivity contribution in [2.75, 3.05) is 19.5 Å². The Morgan fingerprint density at radius 3 is 2.59 bits per heavy atom. The largest absolute Gasteiger partial charge is 0.497 e. The highest BCUT2D eigenvalue weighted by Gasteiger charge is 2.32. The molecule has 0 aliphatic carbocycles. The molecule has 2 N–H and O–H groups in total. The quantitative estimate of drug-likeness (QED) is 0.798. The third-order valence-electron chi connectivity index (χ3n) is 3.83. The van der Waals surface area contributed by atoms with Gasteiger partial charge in [-0.1, -0.05) is 23.9 Å². The molecular weight excluding hydrogens is 366 g/mol. The van der Waals surface area contributed by atoms with Crippen LogP contribution in [0.4, 0.5) is 11.4 Å². The molecule has 1 aliphatic rings. The molecule has 140 valence electrons. The van der Waals surface area contributed by atoms with E-state index in [1.165, 1.54) is 18.9 Å². The number of para-hydroxylation sites is 2. The van der Waals surface area contributed by atoms with Crippen LogP contribution in [0.1, 0.15) is 6.42 Å². The second-order valence-corrected chi connectivity index (χ2v) is 6.85. The Kier molecular flexibility index (Phi) is 5.97. The Labute approximate surface area is 161 Å². The average molecular weight is 385 g/mol. The molecule has 1 fully saturated rings. The minimum atomic E-state index is -0.531. The lowest BCUT2D eigenvalue weighted by Crippen LogP contribution is -2.28. The number of anilines is 1. The van der Waals surface area contributed by atoms with Crippen molar-refractivity contribution in [3.8, 4) is 11.5 Å². The molecule has 0 saturated carbocycles. The maximum atomic E-state index is 12.3. The monoisotopic (exact) mass is 385 g/mol. The third-order valence-corrected chi connectivity index (χ3v) is 4.91. The molecule has 27 heavy (non-hydrogen) atoms. The van der Waals surface area contributed by atoms with E-state index >= 15 is 0 Å². The van der Waals surface area contributed by atoms with Crippen LogP contribution >= 0.6 is 11.8 Å². The Morgan fingerprint density at radius 1 is 1.15 bits per heavy atom. The minimum Gasteiger partial charge on any atom is -0.497 e. The number of carbonyl (C=O) groups excluding carboxylic acids is 2. The average Bonchev–Trinajstić information content (AvgIpc) is 3.01. The van der Waals surface area contributed by atoms with Crippen molar-refractivity contribution in [1.29, 1.82) is 0 Å². The molecule has 2 aromatic carbocycles. The summed E-state index contributed by atoms with van der Waals surface area (Å²) in [5.41, 5.74) is 1.26. The van der Waals surface area contributed by atoms with Crippen LogP contribution in [-0.2, 0) is 9.59 Å². The van der Waals surface area contributed by atoms with Crippen LogP contribution in [0.2, 0.25) is 0 Å². The van der Waals surface area contributed by atoms with E-state index in [1.807, 2.05) is 6.07 Å². The van der Waals surface area contributed by atoms with Gasteiger partial charge in [-0.3, -0.25) is 9.59 Å². The van der Waals surface area contributed by atoms with Crippen molar-refractivity contribution in [3.05, 3.63) is 48.5 Å². The molecule has 1 saturated heterocycles. The number of nitrogens with one attached hydrogen (secondary N) is 2. The number of hydrogen-bond acceptors (Lipinski definition) is 6. The molecule has 2 aromatic rings. The van der Waals surface area contributed by atoms with Crippen molar-refractivity contribution in [2.24, 2.45) is 4.99 Å². The molecule has 1 aliphatic heterocycles. The Balaban J connectivity index is 1.61. The zero-order valence-electron chi connectivity index (χ0n) is 14.9. The second-order valence-electron chi connectivity index (χ2n) is 5.66. The molecule has 8 heteroatoms.